The Balaban J connectivity index is 1.88. The van der Waals surface area contributed by atoms with Crippen molar-refractivity contribution in [3.05, 3.63) is 24.0 Å². The summed E-state index contributed by atoms with van der Waals surface area (Å²) in [6.07, 6.45) is 9.02. The third-order valence-corrected chi connectivity index (χ3v) is 3.40. The minimum absolute atomic E-state index is 0.212. The predicted molar refractivity (Wildman–Crippen MR) is 69.1 cm³/mol. The van der Waals surface area contributed by atoms with E-state index in [1.165, 1.54) is 25.7 Å². The topological polar surface area (TPSA) is 48.1 Å². The molecule has 2 N–H and O–H groups in total. The average Bonchev–Trinajstić information content (AvgIpc) is 2.84. The van der Waals surface area contributed by atoms with Gasteiger partial charge in [0.2, 0.25) is 0 Å². The number of aromatic nitrogens is 1. The monoisotopic (exact) mass is 234 g/mol. The summed E-state index contributed by atoms with van der Waals surface area (Å²) in [5, 5.41) is 0. The summed E-state index contributed by atoms with van der Waals surface area (Å²) in [4.78, 5) is 4.40. The van der Waals surface area contributed by atoms with Crippen LogP contribution in [0.4, 0.5) is 0 Å². The summed E-state index contributed by atoms with van der Waals surface area (Å²) in [5.74, 6) is 0.894. The molecule has 1 aliphatic carbocycles. The average molecular weight is 234 g/mol. The van der Waals surface area contributed by atoms with Crippen molar-refractivity contribution in [2.45, 2.75) is 57.6 Å². The van der Waals surface area contributed by atoms with Crippen LogP contribution in [0.1, 0.15) is 44.7 Å². The van der Waals surface area contributed by atoms with Crippen LogP contribution in [-0.4, -0.2) is 17.1 Å². The van der Waals surface area contributed by atoms with Gasteiger partial charge in [0.15, 0.2) is 0 Å². The highest BCUT2D eigenvalue weighted by atomic mass is 16.5. The summed E-state index contributed by atoms with van der Waals surface area (Å²) < 4.78 is 5.87. The molecule has 0 bridgehead atoms. The molecule has 94 valence electrons. The van der Waals surface area contributed by atoms with Gasteiger partial charge in [-0.1, -0.05) is 6.92 Å². The molecule has 17 heavy (non-hydrogen) atoms. The van der Waals surface area contributed by atoms with Crippen molar-refractivity contribution in [1.29, 1.82) is 0 Å². The van der Waals surface area contributed by atoms with Crippen LogP contribution in [0.15, 0.2) is 18.3 Å². The zero-order valence-electron chi connectivity index (χ0n) is 10.6. The third kappa shape index (κ3) is 3.70. The largest absolute Gasteiger partial charge is 0.489 e. The van der Waals surface area contributed by atoms with Gasteiger partial charge in [-0.25, -0.2) is 0 Å². The molecule has 1 atom stereocenters. The molecule has 0 radical (unpaired) electrons. The second kappa shape index (κ2) is 6.01. The SMILES string of the molecule is CCC(N)Cc1ccc(OC2CCCC2)cn1. The fourth-order valence-electron chi connectivity index (χ4n) is 2.21. The second-order valence-electron chi connectivity index (χ2n) is 4.88. The van der Waals surface area contributed by atoms with Crippen LogP contribution in [0.2, 0.25) is 0 Å². The van der Waals surface area contributed by atoms with E-state index in [0.717, 1.165) is 24.3 Å². The van der Waals surface area contributed by atoms with E-state index in [1.54, 1.807) is 0 Å². The Hall–Kier alpha value is -1.09. The summed E-state index contributed by atoms with van der Waals surface area (Å²) >= 11 is 0. The van der Waals surface area contributed by atoms with Crippen LogP contribution < -0.4 is 10.5 Å². The van der Waals surface area contributed by atoms with Crippen LogP contribution in [-0.2, 0) is 6.42 Å². The molecule has 0 saturated heterocycles. The fraction of sp³-hybridized carbons (Fsp3) is 0.643. The molecule has 3 heteroatoms. The molecule has 1 aliphatic rings. The quantitative estimate of drug-likeness (QED) is 0.852. The maximum absolute atomic E-state index is 5.90. The van der Waals surface area contributed by atoms with Gasteiger partial charge in [0.05, 0.1) is 12.3 Å². The summed E-state index contributed by atoms with van der Waals surface area (Å²) in [6, 6.07) is 4.26. The van der Waals surface area contributed by atoms with E-state index in [4.69, 9.17) is 10.5 Å². The standard InChI is InChI=1S/C14H22N2O/c1-2-11(15)9-12-7-8-14(10-16-12)17-13-5-3-4-6-13/h7-8,10-11,13H,2-6,9,15H2,1H3. The maximum Gasteiger partial charge on any atom is 0.138 e. The molecule has 0 aromatic carbocycles. The van der Waals surface area contributed by atoms with Crippen molar-refractivity contribution >= 4 is 0 Å². The van der Waals surface area contributed by atoms with Gasteiger partial charge in [-0.2, -0.15) is 0 Å². The Kier molecular flexibility index (Phi) is 4.37. The normalized spacial score (nSPS) is 18.2. The second-order valence-corrected chi connectivity index (χ2v) is 4.88. The molecule has 3 nitrogen and oxygen atoms in total. The summed E-state index contributed by atoms with van der Waals surface area (Å²) in [6.45, 7) is 2.10. The van der Waals surface area contributed by atoms with E-state index in [2.05, 4.69) is 11.9 Å². The van der Waals surface area contributed by atoms with E-state index >= 15 is 0 Å². The van der Waals surface area contributed by atoms with E-state index in [1.807, 2.05) is 18.3 Å². The minimum Gasteiger partial charge on any atom is -0.489 e. The van der Waals surface area contributed by atoms with Gasteiger partial charge in [0.25, 0.3) is 0 Å². The molecular weight excluding hydrogens is 212 g/mol. The Morgan fingerprint density at radius 3 is 2.76 bits per heavy atom. The lowest BCUT2D eigenvalue weighted by atomic mass is 10.1. The van der Waals surface area contributed by atoms with E-state index < -0.39 is 0 Å². The van der Waals surface area contributed by atoms with Crippen LogP contribution in [0, 0.1) is 0 Å². The minimum atomic E-state index is 0.212. The molecule has 2 rings (SSSR count). The van der Waals surface area contributed by atoms with Gasteiger partial charge >= 0.3 is 0 Å². The predicted octanol–water partition coefficient (Wildman–Crippen LogP) is 2.68. The molecule has 1 saturated carbocycles. The zero-order chi connectivity index (χ0) is 12.1. The first-order valence-corrected chi connectivity index (χ1v) is 6.65. The highest BCUT2D eigenvalue weighted by molar-refractivity contribution is 5.20. The van der Waals surface area contributed by atoms with Crippen LogP contribution in [0.5, 0.6) is 5.75 Å². The first-order chi connectivity index (χ1) is 8.28. The highest BCUT2D eigenvalue weighted by Crippen LogP contribution is 2.23. The van der Waals surface area contributed by atoms with Crippen LogP contribution in [0.3, 0.4) is 0 Å². The van der Waals surface area contributed by atoms with Gasteiger partial charge in [0.1, 0.15) is 5.75 Å². The Labute approximate surface area is 103 Å². The molecule has 0 spiro atoms. The lowest BCUT2D eigenvalue weighted by molar-refractivity contribution is 0.209. The number of hydrogen-bond donors (Lipinski definition) is 1. The number of nitrogens with zero attached hydrogens (tertiary/aromatic N) is 1. The first kappa shape index (κ1) is 12.4. The van der Waals surface area contributed by atoms with Crippen molar-refractivity contribution in [3.8, 4) is 5.75 Å². The fourth-order valence-corrected chi connectivity index (χ4v) is 2.21. The number of hydrogen-bond acceptors (Lipinski definition) is 3. The molecule has 1 heterocycles. The summed E-state index contributed by atoms with van der Waals surface area (Å²) in [7, 11) is 0. The van der Waals surface area contributed by atoms with E-state index in [-0.39, 0.29) is 6.04 Å². The Bertz CT molecular complexity index is 331. The maximum atomic E-state index is 5.90. The van der Waals surface area contributed by atoms with E-state index in [0.29, 0.717) is 6.10 Å². The van der Waals surface area contributed by atoms with Gasteiger partial charge in [-0.3, -0.25) is 4.98 Å². The molecule has 1 aromatic rings. The van der Waals surface area contributed by atoms with Crippen LogP contribution >= 0.6 is 0 Å². The first-order valence-electron chi connectivity index (χ1n) is 6.65. The molecular formula is C14H22N2O. The number of rotatable bonds is 5. The van der Waals surface area contributed by atoms with Gasteiger partial charge in [-0.05, 0) is 44.2 Å². The number of pyridine rings is 1. The van der Waals surface area contributed by atoms with Crippen molar-refractivity contribution < 1.29 is 4.74 Å². The lowest BCUT2D eigenvalue weighted by Gasteiger charge is -2.13. The lowest BCUT2D eigenvalue weighted by Crippen LogP contribution is -2.21. The van der Waals surface area contributed by atoms with Crippen molar-refractivity contribution in [2.75, 3.05) is 0 Å². The smallest absolute Gasteiger partial charge is 0.138 e. The van der Waals surface area contributed by atoms with Gasteiger partial charge < -0.3 is 10.5 Å². The highest BCUT2D eigenvalue weighted by Gasteiger charge is 2.16. The molecule has 1 unspecified atom stereocenters. The zero-order valence-corrected chi connectivity index (χ0v) is 10.6. The van der Waals surface area contributed by atoms with Crippen molar-refractivity contribution in [3.63, 3.8) is 0 Å². The molecule has 1 aromatic heterocycles. The third-order valence-electron chi connectivity index (χ3n) is 3.40. The van der Waals surface area contributed by atoms with Gasteiger partial charge in [0, 0.05) is 18.2 Å². The Morgan fingerprint density at radius 2 is 2.18 bits per heavy atom. The number of ether oxygens (including phenoxy) is 1. The van der Waals surface area contributed by atoms with Crippen molar-refractivity contribution in [1.82, 2.24) is 4.98 Å². The van der Waals surface area contributed by atoms with Gasteiger partial charge in [-0.15, -0.1) is 0 Å². The van der Waals surface area contributed by atoms with E-state index in [9.17, 15) is 0 Å². The Morgan fingerprint density at radius 1 is 1.41 bits per heavy atom. The molecule has 0 amide bonds. The molecule has 1 fully saturated rings. The van der Waals surface area contributed by atoms with Crippen molar-refractivity contribution in [2.24, 2.45) is 5.73 Å². The number of nitrogens with two attached hydrogens (primary N) is 1. The van der Waals surface area contributed by atoms with Crippen LogP contribution in [0.25, 0.3) is 0 Å². The summed E-state index contributed by atoms with van der Waals surface area (Å²) in [5.41, 5.74) is 6.96. The molecule has 0 aliphatic heterocycles.